The Labute approximate surface area is 194 Å². The summed E-state index contributed by atoms with van der Waals surface area (Å²) in [6.45, 7) is 4.86. The van der Waals surface area contributed by atoms with Crippen LogP contribution in [0.25, 0.3) is 0 Å². The number of rotatable bonds is 10. The fourth-order valence-corrected chi connectivity index (χ4v) is 4.89. The van der Waals surface area contributed by atoms with E-state index in [9.17, 15) is 19.5 Å². The number of carboxylic acids is 2. The van der Waals surface area contributed by atoms with Crippen molar-refractivity contribution in [3.63, 3.8) is 0 Å². The normalized spacial score (nSPS) is 16.0. The van der Waals surface area contributed by atoms with Crippen LogP contribution in [0.15, 0.2) is 12.1 Å². The van der Waals surface area contributed by atoms with Gasteiger partial charge in [0, 0.05) is 29.3 Å². The van der Waals surface area contributed by atoms with E-state index in [1.54, 1.807) is 6.07 Å². The number of aliphatic carboxylic acids is 2. The first-order valence-electron chi connectivity index (χ1n) is 10.5. The Kier molecular flexibility index (Phi) is 7.06. The van der Waals surface area contributed by atoms with Crippen LogP contribution < -0.4 is 22.1 Å². The van der Waals surface area contributed by atoms with E-state index < -0.39 is 23.9 Å². The maximum atomic E-state index is 12.6. The average Bonchev–Trinajstić information content (AvgIpc) is 3.37. The molecule has 0 fully saturated rings. The van der Waals surface area contributed by atoms with Crippen molar-refractivity contribution in [2.75, 3.05) is 23.3 Å². The molecule has 1 unspecified atom stereocenters. The molecule has 0 radical (unpaired) electrons. The van der Waals surface area contributed by atoms with Crippen molar-refractivity contribution in [2.24, 2.45) is 0 Å². The number of anilines is 3. The van der Waals surface area contributed by atoms with E-state index in [2.05, 4.69) is 34.4 Å². The summed E-state index contributed by atoms with van der Waals surface area (Å²) in [5, 5.41) is 23.7. The minimum atomic E-state index is -1.27. The summed E-state index contributed by atoms with van der Waals surface area (Å²) in [7, 11) is 0. The zero-order valence-electron chi connectivity index (χ0n) is 18.4. The minimum absolute atomic E-state index is 0.136. The average molecular weight is 477 g/mol. The predicted molar refractivity (Wildman–Crippen MR) is 124 cm³/mol. The number of nitrogens with two attached hydrogens (primary N) is 2. The Morgan fingerprint density at radius 3 is 2.67 bits per heavy atom. The third-order valence-electron chi connectivity index (χ3n) is 5.78. The summed E-state index contributed by atoms with van der Waals surface area (Å²) < 4.78 is 0. The molecule has 33 heavy (non-hydrogen) atoms. The monoisotopic (exact) mass is 476 g/mol. The fourth-order valence-electron chi connectivity index (χ4n) is 3.85. The van der Waals surface area contributed by atoms with Gasteiger partial charge in [0.25, 0.3) is 5.91 Å². The highest BCUT2D eigenvalue weighted by Gasteiger charge is 2.31. The highest BCUT2D eigenvalue weighted by atomic mass is 32.1. The highest BCUT2D eigenvalue weighted by molar-refractivity contribution is 7.14. The number of nitrogens with zero attached hydrogens (tertiary/aromatic N) is 2. The van der Waals surface area contributed by atoms with Crippen LogP contribution in [-0.2, 0) is 15.0 Å². The molecule has 0 bridgehead atoms. The SMILES string of the molecule is CC(C)(CCC1CNc2nc(N)nc(N)c21)c1ccc(C(=O)N[C@@H](CCC(=O)O)C(=O)O)s1. The molecule has 2 aromatic heterocycles. The van der Waals surface area contributed by atoms with Gasteiger partial charge in [0.05, 0.1) is 4.88 Å². The molecule has 11 nitrogen and oxygen atoms in total. The van der Waals surface area contributed by atoms with Gasteiger partial charge in [-0.05, 0) is 36.8 Å². The van der Waals surface area contributed by atoms with E-state index in [4.69, 9.17) is 16.6 Å². The molecule has 0 saturated carbocycles. The van der Waals surface area contributed by atoms with Gasteiger partial charge in [0.15, 0.2) is 0 Å². The summed E-state index contributed by atoms with van der Waals surface area (Å²) in [6, 6.07) is 2.27. The summed E-state index contributed by atoms with van der Waals surface area (Å²) in [6.07, 6.45) is 1.09. The van der Waals surface area contributed by atoms with Gasteiger partial charge >= 0.3 is 11.9 Å². The molecule has 2 aromatic rings. The van der Waals surface area contributed by atoms with Gasteiger partial charge in [0.2, 0.25) is 5.95 Å². The highest BCUT2D eigenvalue weighted by Crippen LogP contribution is 2.41. The van der Waals surface area contributed by atoms with E-state index in [0.29, 0.717) is 23.1 Å². The van der Waals surface area contributed by atoms with Gasteiger partial charge in [0.1, 0.15) is 17.7 Å². The lowest BCUT2D eigenvalue weighted by molar-refractivity contribution is -0.140. The molecular formula is C21H28N6O5S. The van der Waals surface area contributed by atoms with Crippen LogP contribution in [0.1, 0.15) is 65.6 Å². The maximum absolute atomic E-state index is 12.6. The van der Waals surface area contributed by atoms with Crippen LogP contribution in [-0.4, -0.2) is 50.6 Å². The van der Waals surface area contributed by atoms with Gasteiger partial charge in [-0.1, -0.05) is 13.8 Å². The van der Waals surface area contributed by atoms with E-state index >= 15 is 0 Å². The molecular weight excluding hydrogens is 448 g/mol. The van der Waals surface area contributed by atoms with Crippen LogP contribution in [0.3, 0.4) is 0 Å². The van der Waals surface area contributed by atoms with Crippen LogP contribution in [0.2, 0.25) is 0 Å². The lowest BCUT2D eigenvalue weighted by atomic mass is 9.82. The second-order valence-corrected chi connectivity index (χ2v) is 9.77. The van der Waals surface area contributed by atoms with Crippen molar-refractivity contribution in [1.29, 1.82) is 0 Å². The molecule has 8 N–H and O–H groups in total. The Bertz CT molecular complexity index is 1070. The number of carbonyl (C=O) groups excluding carboxylic acids is 1. The summed E-state index contributed by atoms with van der Waals surface area (Å²) in [5.41, 5.74) is 12.4. The first kappa shape index (κ1) is 24.2. The first-order chi connectivity index (χ1) is 15.5. The van der Waals surface area contributed by atoms with Crippen molar-refractivity contribution in [3.8, 4) is 0 Å². The van der Waals surface area contributed by atoms with Crippen LogP contribution in [0, 0.1) is 0 Å². The molecule has 1 aliphatic rings. The third kappa shape index (κ3) is 5.69. The maximum Gasteiger partial charge on any atom is 0.326 e. The second-order valence-electron chi connectivity index (χ2n) is 8.69. The summed E-state index contributed by atoms with van der Waals surface area (Å²) in [4.78, 5) is 44.3. The Morgan fingerprint density at radius 2 is 2.00 bits per heavy atom. The molecule has 12 heteroatoms. The number of fused-ring (bicyclic) bond motifs is 1. The smallest absolute Gasteiger partial charge is 0.326 e. The molecule has 178 valence electrons. The molecule has 3 heterocycles. The zero-order valence-corrected chi connectivity index (χ0v) is 19.2. The fraction of sp³-hybridized carbons (Fsp3) is 0.476. The number of carboxylic acid groups (broad SMARTS) is 2. The third-order valence-corrected chi connectivity index (χ3v) is 7.23. The predicted octanol–water partition coefficient (Wildman–Crippen LogP) is 2.02. The van der Waals surface area contributed by atoms with E-state index in [-0.39, 0.29) is 30.1 Å². The quantitative estimate of drug-likeness (QED) is 0.295. The molecule has 0 aromatic carbocycles. The second kappa shape index (κ2) is 9.61. The molecule has 1 aliphatic heterocycles. The number of nitrogen functional groups attached to an aromatic ring is 2. The molecule has 0 saturated heterocycles. The van der Waals surface area contributed by atoms with Crippen molar-refractivity contribution < 1.29 is 24.6 Å². The molecule has 1 amide bonds. The lowest BCUT2D eigenvalue weighted by Crippen LogP contribution is -2.40. The van der Waals surface area contributed by atoms with Crippen molar-refractivity contribution >= 4 is 46.8 Å². The number of hydrogen-bond acceptors (Lipinski definition) is 9. The number of thiophene rings is 1. The number of nitrogens with one attached hydrogen (secondary N) is 2. The van der Waals surface area contributed by atoms with Crippen LogP contribution >= 0.6 is 11.3 Å². The van der Waals surface area contributed by atoms with Crippen molar-refractivity contribution in [3.05, 3.63) is 27.5 Å². The van der Waals surface area contributed by atoms with Crippen molar-refractivity contribution in [2.45, 2.75) is 56.9 Å². The van der Waals surface area contributed by atoms with Gasteiger partial charge in [-0.25, -0.2) is 4.79 Å². The standard InChI is InChI=1S/C21H28N6O5S/c1-21(2,8-7-10-9-24-17-15(10)16(22)26-20(23)27-17)13-5-4-12(33-13)18(30)25-11(19(31)32)3-6-14(28)29/h4-5,10-11H,3,6-9H2,1-2H3,(H,25,30)(H,28,29)(H,31,32)(H5,22,23,24,26,27)/t10?,11-/m0/s1. The summed E-state index contributed by atoms with van der Waals surface area (Å²) >= 11 is 1.30. The van der Waals surface area contributed by atoms with Gasteiger partial charge in [-0.3, -0.25) is 9.59 Å². The Balaban J connectivity index is 1.64. The van der Waals surface area contributed by atoms with Gasteiger partial charge < -0.3 is 32.3 Å². The largest absolute Gasteiger partial charge is 0.481 e. The molecule has 0 spiro atoms. The Hall–Kier alpha value is -3.41. The first-order valence-corrected chi connectivity index (χ1v) is 11.3. The van der Waals surface area contributed by atoms with Gasteiger partial charge in [-0.2, -0.15) is 9.97 Å². The van der Waals surface area contributed by atoms with Crippen LogP contribution in [0.4, 0.5) is 17.6 Å². The zero-order chi connectivity index (χ0) is 24.3. The molecule has 3 rings (SSSR count). The van der Waals surface area contributed by atoms with Crippen molar-refractivity contribution in [1.82, 2.24) is 15.3 Å². The Morgan fingerprint density at radius 1 is 1.27 bits per heavy atom. The van der Waals surface area contributed by atoms with Gasteiger partial charge in [-0.15, -0.1) is 11.3 Å². The molecule has 2 atom stereocenters. The lowest BCUT2D eigenvalue weighted by Gasteiger charge is -2.25. The number of hydrogen-bond donors (Lipinski definition) is 6. The topological polar surface area (TPSA) is 194 Å². The van der Waals surface area contributed by atoms with E-state index in [1.807, 2.05) is 6.07 Å². The number of carbonyl (C=O) groups is 3. The van der Waals surface area contributed by atoms with E-state index in [1.165, 1.54) is 11.3 Å². The van der Waals surface area contributed by atoms with E-state index in [0.717, 1.165) is 23.3 Å². The number of aromatic nitrogens is 2. The molecule has 0 aliphatic carbocycles. The van der Waals surface area contributed by atoms with Crippen LogP contribution in [0.5, 0.6) is 0 Å². The minimum Gasteiger partial charge on any atom is -0.481 e. The number of amides is 1. The summed E-state index contributed by atoms with van der Waals surface area (Å²) in [5.74, 6) is -1.57.